The van der Waals surface area contributed by atoms with E-state index in [0.29, 0.717) is 0 Å². The third kappa shape index (κ3) is 10.3. The summed E-state index contributed by atoms with van der Waals surface area (Å²) in [6.45, 7) is -0.589. The van der Waals surface area contributed by atoms with E-state index in [0.717, 1.165) is 0 Å². The van der Waals surface area contributed by atoms with Gasteiger partial charge in [0, 0.05) is 0 Å². The van der Waals surface area contributed by atoms with E-state index in [1.807, 2.05) is 0 Å². The Morgan fingerprint density at radius 3 is 2.12 bits per heavy atom. The second-order valence-electron chi connectivity index (χ2n) is 5.32. The van der Waals surface area contributed by atoms with Crippen molar-refractivity contribution in [1.82, 2.24) is 14.9 Å². The van der Waals surface area contributed by atoms with Crippen molar-refractivity contribution in [3.63, 3.8) is 0 Å². The van der Waals surface area contributed by atoms with Crippen LogP contribution in [0, 0.1) is 0 Å². The second kappa shape index (κ2) is 10.4. The molecule has 0 aromatic carbocycles. The van der Waals surface area contributed by atoms with Crippen molar-refractivity contribution in [2.75, 3.05) is 12.3 Å². The van der Waals surface area contributed by atoms with Gasteiger partial charge in [0.25, 0.3) is 0 Å². The minimum absolute atomic E-state index is 0.0556. The third-order valence-corrected chi connectivity index (χ3v) is 5.00. The number of rotatable bonds is 11. The number of amides is 2. The van der Waals surface area contributed by atoms with E-state index in [4.69, 9.17) is 10.2 Å². The summed E-state index contributed by atoms with van der Waals surface area (Å²) in [7, 11) is 0. The van der Waals surface area contributed by atoms with Crippen molar-refractivity contribution >= 4 is 50.1 Å². The summed E-state index contributed by atoms with van der Waals surface area (Å²) in [6.07, 6.45) is -0.319. The molecule has 0 aliphatic rings. The topological polar surface area (TPSA) is 162 Å². The van der Waals surface area contributed by atoms with E-state index < -0.39 is 56.1 Å². The summed E-state index contributed by atoms with van der Waals surface area (Å²) in [5, 5.41) is 22.0. The Bertz CT molecular complexity index is 537. The van der Waals surface area contributed by atoms with E-state index in [1.165, 1.54) is 11.4 Å². The zero-order chi connectivity index (χ0) is 18.9. The number of hydrogen-bond acceptors (Lipinski definition) is 6. The van der Waals surface area contributed by atoms with Gasteiger partial charge in [0.2, 0.25) is 0 Å². The Morgan fingerprint density at radius 2 is 1.71 bits per heavy atom. The molecule has 0 bridgehead atoms. The van der Waals surface area contributed by atoms with Gasteiger partial charge in [-0.3, -0.25) is 0 Å². The van der Waals surface area contributed by atoms with Crippen LogP contribution in [0.3, 0.4) is 0 Å². The Balaban J connectivity index is 4.52. The summed E-state index contributed by atoms with van der Waals surface area (Å²) >= 11 is 0.497. The van der Waals surface area contributed by atoms with Gasteiger partial charge in [0.1, 0.15) is 0 Å². The van der Waals surface area contributed by atoms with Gasteiger partial charge < -0.3 is 0 Å². The molecule has 12 heteroatoms. The van der Waals surface area contributed by atoms with E-state index in [1.54, 1.807) is 0 Å². The van der Waals surface area contributed by atoms with Crippen LogP contribution in [0.15, 0.2) is 0 Å². The van der Waals surface area contributed by atoms with Crippen LogP contribution in [0.5, 0.6) is 0 Å². The number of aliphatic carboxylic acids is 2. The molecule has 0 rings (SSSR count). The van der Waals surface area contributed by atoms with Gasteiger partial charge in [0.15, 0.2) is 0 Å². The number of hydrogen-bond donors (Lipinski definition) is 6. The zero-order valence-corrected chi connectivity index (χ0v) is 16.1. The Kier molecular flexibility index (Phi) is 9.79. The molecule has 0 aromatic rings. The molecular weight excluding hydrogens is 405 g/mol. The molecule has 24 heavy (non-hydrogen) atoms. The van der Waals surface area contributed by atoms with Crippen LogP contribution in [0.2, 0.25) is 11.4 Å². The van der Waals surface area contributed by atoms with Gasteiger partial charge in [-0.25, -0.2) is 0 Å². The Labute approximate surface area is 147 Å². The number of carbonyl (C=O) groups excluding carboxylic acids is 2. The van der Waals surface area contributed by atoms with Gasteiger partial charge >= 0.3 is 147 Å². The molecule has 0 radical (unpaired) electrons. The average Bonchev–Trinajstić information content (AvgIpc) is 2.45. The standard InChI is InChI=1S/C12H22AsN3O7S/c1-13(2,23)16-7(12(21)22)3-4-9(17)15-8(6-24)11(20)14-5-10(18)19/h7-8,24H,3-6H2,1-2H3,(H,14,20)(H,15,17)(H,16,23)(H,18,19)(H,21,22)/t7-,8-/m0/s1. The molecular formula is C12H22AsN3O7S. The number of nitrogens with one attached hydrogen (secondary N) is 3. The fourth-order valence-corrected chi connectivity index (χ4v) is 3.97. The van der Waals surface area contributed by atoms with Gasteiger partial charge in [-0.05, 0) is 0 Å². The van der Waals surface area contributed by atoms with E-state index in [2.05, 4.69) is 27.5 Å². The van der Waals surface area contributed by atoms with Crippen LogP contribution in [0.25, 0.3) is 0 Å². The molecule has 0 saturated carbocycles. The molecule has 0 heterocycles. The monoisotopic (exact) mass is 427 g/mol. The van der Waals surface area contributed by atoms with Crippen LogP contribution in [-0.4, -0.2) is 72.1 Å². The SMILES string of the molecule is C[As](C)(=O)N[C@@H](CCC(=O)N[C@@H](CS)C(=O)NCC(=O)O)C(=O)O. The van der Waals surface area contributed by atoms with Gasteiger partial charge in [-0.1, -0.05) is 0 Å². The van der Waals surface area contributed by atoms with Crippen molar-refractivity contribution in [3.05, 3.63) is 0 Å². The van der Waals surface area contributed by atoms with Gasteiger partial charge in [-0.15, -0.1) is 0 Å². The molecule has 0 unspecified atom stereocenters. The van der Waals surface area contributed by atoms with Crippen molar-refractivity contribution in [2.24, 2.45) is 0 Å². The molecule has 2 amide bonds. The van der Waals surface area contributed by atoms with Crippen molar-refractivity contribution < 1.29 is 33.1 Å². The summed E-state index contributed by atoms with van der Waals surface area (Å²) in [5.74, 6) is -3.81. The molecule has 138 valence electrons. The molecule has 0 aliphatic heterocycles. The molecule has 10 nitrogen and oxygen atoms in total. The normalized spacial score (nSPS) is 13.6. The van der Waals surface area contributed by atoms with Crippen LogP contribution in [-0.2, 0) is 22.9 Å². The molecule has 2 atom stereocenters. The van der Waals surface area contributed by atoms with Gasteiger partial charge in [-0.2, -0.15) is 0 Å². The number of thiol groups is 1. The molecule has 0 fully saturated rings. The second-order valence-corrected chi connectivity index (χ2v) is 11.9. The predicted octanol–water partition coefficient (Wildman–Crippen LogP) is -1.44. The maximum absolute atomic E-state index is 11.8. The first kappa shape index (κ1) is 22.5. The molecule has 0 spiro atoms. The molecule has 0 saturated heterocycles. The number of carboxylic acids is 2. The molecule has 5 N–H and O–H groups in total. The summed E-state index contributed by atoms with van der Waals surface area (Å²) in [6, 6.07) is -2.17. The maximum atomic E-state index is 11.8. The van der Waals surface area contributed by atoms with Crippen LogP contribution >= 0.6 is 12.6 Å². The first-order valence-electron chi connectivity index (χ1n) is 6.91. The summed E-state index contributed by atoms with van der Waals surface area (Å²) in [4.78, 5) is 45.0. The quantitative estimate of drug-likeness (QED) is 0.173. The summed E-state index contributed by atoms with van der Waals surface area (Å²) < 4.78 is 14.2. The first-order valence-corrected chi connectivity index (χ1v) is 13.0. The van der Waals surface area contributed by atoms with Crippen molar-refractivity contribution in [2.45, 2.75) is 36.3 Å². The van der Waals surface area contributed by atoms with Crippen molar-refractivity contribution in [1.29, 1.82) is 0 Å². The van der Waals surface area contributed by atoms with Crippen LogP contribution in [0.1, 0.15) is 12.8 Å². The van der Waals surface area contributed by atoms with E-state index >= 15 is 0 Å². The van der Waals surface area contributed by atoms with E-state index in [9.17, 15) is 22.9 Å². The predicted molar refractivity (Wildman–Crippen MR) is 88.4 cm³/mol. The average molecular weight is 427 g/mol. The summed E-state index contributed by atoms with van der Waals surface area (Å²) in [5.41, 5.74) is 2.86. The molecule has 0 aliphatic carbocycles. The Hall–Kier alpha value is -1.45. The third-order valence-electron chi connectivity index (χ3n) is 2.67. The zero-order valence-electron chi connectivity index (χ0n) is 13.3. The number of carbonyl (C=O) groups is 4. The van der Waals surface area contributed by atoms with Crippen LogP contribution in [0.4, 0.5) is 0 Å². The fraction of sp³-hybridized carbons (Fsp3) is 0.667. The van der Waals surface area contributed by atoms with Gasteiger partial charge in [0.05, 0.1) is 0 Å². The Morgan fingerprint density at radius 1 is 1.12 bits per heavy atom. The number of carboxylic acid groups (broad SMARTS) is 2. The van der Waals surface area contributed by atoms with Crippen LogP contribution < -0.4 is 14.9 Å². The molecule has 0 aromatic heterocycles. The van der Waals surface area contributed by atoms with E-state index in [-0.39, 0.29) is 18.6 Å². The van der Waals surface area contributed by atoms with Crippen molar-refractivity contribution in [3.8, 4) is 0 Å². The first-order chi connectivity index (χ1) is 11.0. The fourth-order valence-electron chi connectivity index (χ4n) is 1.64. The minimum atomic E-state index is -3.41.